The van der Waals surface area contributed by atoms with Crippen molar-refractivity contribution in [3.05, 3.63) is 63.6 Å². The summed E-state index contributed by atoms with van der Waals surface area (Å²) in [6, 6.07) is 11.0. The van der Waals surface area contributed by atoms with Crippen LogP contribution in [0.15, 0.2) is 42.5 Å². The first-order valence-corrected chi connectivity index (χ1v) is 7.42. The van der Waals surface area contributed by atoms with Gasteiger partial charge in [-0.1, -0.05) is 35.3 Å². The standard InChI is InChI=1S/C16H10Cl2N2O3/c17-9-5-10(18)7-11(6-9)19-14(21)8-20-15(22)12-3-1-2-4-13(12)16(20)23/h1-7H,8H2,(H,19,21). The number of hydrogen-bond acceptors (Lipinski definition) is 3. The normalized spacial score (nSPS) is 13.2. The highest BCUT2D eigenvalue weighted by molar-refractivity contribution is 6.35. The largest absolute Gasteiger partial charge is 0.324 e. The number of carbonyl (C=O) groups excluding carboxylic acids is 3. The molecule has 0 bridgehead atoms. The van der Waals surface area contributed by atoms with E-state index in [1.165, 1.54) is 18.2 Å². The molecule has 0 spiro atoms. The fourth-order valence-electron chi connectivity index (χ4n) is 2.35. The molecular formula is C16H10Cl2N2O3. The van der Waals surface area contributed by atoms with Crippen LogP contribution in [0.1, 0.15) is 20.7 Å². The van der Waals surface area contributed by atoms with Crippen molar-refractivity contribution in [2.45, 2.75) is 0 Å². The zero-order valence-corrected chi connectivity index (χ0v) is 13.2. The Morgan fingerprint density at radius 3 is 2.00 bits per heavy atom. The molecule has 0 aromatic heterocycles. The van der Waals surface area contributed by atoms with Gasteiger partial charge in [-0.3, -0.25) is 19.3 Å². The quantitative estimate of drug-likeness (QED) is 0.866. The van der Waals surface area contributed by atoms with Crippen molar-refractivity contribution in [3.63, 3.8) is 0 Å². The van der Waals surface area contributed by atoms with Gasteiger partial charge in [0.2, 0.25) is 5.91 Å². The highest BCUT2D eigenvalue weighted by Crippen LogP contribution is 2.24. The first kappa shape index (κ1) is 15.5. The van der Waals surface area contributed by atoms with Crippen LogP contribution in [0.25, 0.3) is 0 Å². The van der Waals surface area contributed by atoms with Crippen molar-refractivity contribution in [3.8, 4) is 0 Å². The first-order chi connectivity index (χ1) is 11.0. The van der Waals surface area contributed by atoms with Crippen LogP contribution in [-0.4, -0.2) is 29.2 Å². The van der Waals surface area contributed by atoms with Crippen LogP contribution < -0.4 is 5.32 Å². The molecule has 3 amide bonds. The Morgan fingerprint density at radius 2 is 1.48 bits per heavy atom. The van der Waals surface area contributed by atoms with Crippen molar-refractivity contribution in [2.75, 3.05) is 11.9 Å². The summed E-state index contributed by atoms with van der Waals surface area (Å²) in [5.41, 5.74) is 0.997. The molecule has 1 aliphatic rings. The molecule has 0 saturated carbocycles. The highest BCUT2D eigenvalue weighted by atomic mass is 35.5. The van der Waals surface area contributed by atoms with E-state index in [1.54, 1.807) is 24.3 Å². The minimum absolute atomic E-state index is 0.302. The van der Waals surface area contributed by atoms with Gasteiger partial charge in [0.05, 0.1) is 11.1 Å². The predicted molar refractivity (Wildman–Crippen MR) is 86.9 cm³/mol. The number of amides is 3. The molecule has 7 heteroatoms. The van der Waals surface area contributed by atoms with Crippen LogP contribution in [0.4, 0.5) is 5.69 Å². The van der Waals surface area contributed by atoms with Crippen molar-refractivity contribution >= 4 is 46.6 Å². The maximum absolute atomic E-state index is 12.2. The number of halogens is 2. The molecule has 3 rings (SSSR count). The van der Waals surface area contributed by atoms with E-state index in [4.69, 9.17) is 23.2 Å². The second kappa shape index (κ2) is 6.02. The molecule has 0 radical (unpaired) electrons. The lowest BCUT2D eigenvalue weighted by Crippen LogP contribution is -2.37. The van der Waals surface area contributed by atoms with Crippen LogP contribution in [0, 0.1) is 0 Å². The molecule has 1 heterocycles. The van der Waals surface area contributed by atoms with Gasteiger partial charge in [-0.05, 0) is 30.3 Å². The average molecular weight is 349 g/mol. The van der Waals surface area contributed by atoms with Crippen LogP contribution in [0.3, 0.4) is 0 Å². The number of nitrogens with one attached hydrogen (secondary N) is 1. The predicted octanol–water partition coefficient (Wildman–Crippen LogP) is 3.23. The van der Waals surface area contributed by atoms with Gasteiger partial charge in [0.25, 0.3) is 11.8 Å². The van der Waals surface area contributed by atoms with Crippen LogP contribution in [0.5, 0.6) is 0 Å². The maximum Gasteiger partial charge on any atom is 0.262 e. The number of hydrogen-bond donors (Lipinski definition) is 1. The number of rotatable bonds is 3. The number of nitrogens with zero attached hydrogens (tertiary/aromatic N) is 1. The topological polar surface area (TPSA) is 66.5 Å². The van der Waals surface area contributed by atoms with E-state index in [2.05, 4.69) is 5.32 Å². The lowest BCUT2D eigenvalue weighted by Gasteiger charge is -2.13. The Kier molecular flexibility index (Phi) is 4.07. The molecule has 5 nitrogen and oxygen atoms in total. The van der Waals surface area contributed by atoms with Gasteiger partial charge in [-0.2, -0.15) is 0 Å². The number of carbonyl (C=O) groups is 3. The van der Waals surface area contributed by atoms with Gasteiger partial charge in [0, 0.05) is 15.7 Å². The van der Waals surface area contributed by atoms with Gasteiger partial charge in [0.1, 0.15) is 6.54 Å². The summed E-state index contributed by atoms with van der Waals surface area (Å²) in [7, 11) is 0. The summed E-state index contributed by atoms with van der Waals surface area (Å²) in [6.07, 6.45) is 0. The molecule has 23 heavy (non-hydrogen) atoms. The van der Waals surface area contributed by atoms with E-state index < -0.39 is 17.7 Å². The average Bonchev–Trinajstić information content (AvgIpc) is 2.72. The maximum atomic E-state index is 12.2. The van der Waals surface area contributed by atoms with Crippen molar-refractivity contribution in [1.29, 1.82) is 0 Å². The van der Waals surface area contributed by atoms with E-state index in [0.717, 1.165) is 4.90 Å². The highest BCUT2D eigenvalue weighted by Gasteiger charge is 2.36. The number of anilines is 1. The molecule has 0 saturated heterocycles. The molecule has 1 aliphatic heterocycles. The second-order valence-corrected chi connectivity index (χ2v) is 5.82. The summed E-state index contributed by atoms with van der Waals surface area (Å²) < 4.78 is 0. The third-order valence-corrected chi connectivity index (χ3v) is 3.76. The zero-order valence-electron chi connectivity index (χ0n) is 11.7. The van der Waals surface area contributed by atoms with Gasteiger partial charge in [0.15, 0.2) is 0 Å². The minimum atomic E-state index is -0.516. The van der Waals surface area contributed by atoms with Crippen molar-refractivity contribution in [1.82, 2.24) is 4.90 Å². The summed E-state index contributed by atoms with van der Waals surface area (Å²) in [6.45, 7) is -0.378. The minimum Gasteiger partial charge on any atom is -0.324 e. The van der Waals surface area contributed by atoms with Crippen molar-refractivity contribution in [2.24, 2.45) is 0 Å². The van der Waals surface area contributed by atoms with Gasteiger partial charge in [-0.15, -0.1) is 0 Å². The Balaban J connectivity index is 1.74. The SMILES string of the molecule is O=C(CN1C(=O)c2ccccc2C1=O)Nc1cc(Cl)cc(Cl)c1. The molecule has 2 aromatic carbocycles. The van der Waals surface area contributed by atoms with Gasteiger partial charge in [-0.25, -0.2) is 0 Å². The van der Waals surface area contributed by atoms with E-state index >= 15 is 0 Å². The fourth-order valence-corrected chi connectivity index (χ4v) is 2.88. The summed E-state index contributed by atoms with van der Waals surface area (Å²) in [4.78, 5) is 37.4. The molecule has 0 aliphatic carbocycles. The zero-order chi connectivity index (χ0) is 16.6. The molecule has 1 N–H and O–H groups in total. The Bertz CT molecular complexity index is 781. The second-order valence-electron chi connectivity index (χ2n) is 4.95. The molecule has 116 valence electrons. The number of fused-ring (bicyclic) bond motifs is 1. The van der Waals surface area contributed by atoms with E-state index in [1.807, 2.05) is 0 Å². The van der Waals surface area contributed by atoms with Gasteiger partial charge < -0.3 is 5.32 Å². The molecule has 0 atom stereocenters. The monoisotopic (exact) mass is 348 g/mol. The smallest absolute Gasteiger partial charge is 0.262 e. The van der Waals surface area contributed by atoms with Gasteiger partial charge >= 0.3 is 0 Å². The number of benzene rings is 2. The summed E-state index contributed by atoms with van der Waals surface area (Å²) in [5.74, 6) is -1.48. The first-order valence-electron chi connectivity index (χ1n) is 6.67. The lowest BCUT2D eigenvalue weighted by atomic mass is 10.1. The van der Waals surface area contributed by atoms with Crippen LogP contribution in [0.2, 0.25) is 10.0 Å². The molecule has 2 aromatic rings. The van der Waals surface area contributed by atoms with E-state index in [0.29, 0.717) is 26.9 Å². The summed E-state index contributed by atoms with van der Waals surface area (Å²) >= 11 is 11.7. The molecule has 0 unspecified atom stereocenters. The molecule has 0 fully saturated rings. The van der Waals surface area contributed by atoms with Crippen molar-refractivity contribution < 1.29 is 14.4 Å². The fraction of sp³-hybridized carbons (Fsp3) is 0.0625. The van der Waals surface area contributed by atoms with E-state index in [-0.39, 0.29) is 6.54 Å². The van der Waals surface area contributed by atoms with Crippen LogP contribution in [-0.2, 0) is 4.79 Å². The third kappa shape index (κ3) is 3.06. The lowest BCUT2D eigenvalue weighted by molar-refractivity contribution is -0.116. The number of imide groups is 1. The van der Waals surface area contributed by atoms with Crippen LogP contribution >= 0.6 is 23.2 Å². The molecular weight excluding hydrogens is 339 g/mol. The third-order valence-electron chi connectivity index (χ3n) is 3.33. The van der Waals surface area contributed by atoms with E-state index in [9.17, 15) is 14.4 Å². The Labute approximate surface area is 141 Å². The Morgan fingerprint density at radius 1 is 0.957 bits per heavy atom. The Hall–Kier alpha value is -2.37. The summed E-state index contributed by atoms with van der Waals surface area (Å²) in [5, 5.41) is 3.30.